The largest absolute Gasteiger partial charge is 0.493 e. The molecular weight excluding hydrogens is 526 g/mol. The molecule has 0 saturated carbocycles. The Morgan fingerprint density at radius 2 is 1.89 bits per heavy atom. The second-order valence-corrected chi connectivity index (χ2v) is 9.15. The van der Waals surface area contributed by atoms with Crippen LogP contribution in [0.1, 0.15) is 11.1 Å². The van der Waals surface area contributed by atoms with Crippen molar-refractivity contribution in [2.24, 2.45) is 0 Å². The van der Waals surface area contributed by atoms with Gasteiger partial charge in [-0.15, -0.1) is 0 Å². The monoisotopic (exact) mass is 544 g/mol. The van der Waals surface area contributed by atoms with Gasteiger partial charge in [0.1, 0.15) is 24.8 Å². The molecule has 7 nitrogen and oxygen atoms in total. The first kappa shape index (κ1) is 26.2. The topological polar surface area (TPSA) is 84.9 Å². The lowest BCUT2D eigenvalue weighted by atomic mass is 10.1. The van der Waals surface area contributed by atoms with E-state index in [2.05, 4.69) is 5.32 Å². The molecule has 3 amide bonds. The average molecular weight is 545 g/mol. The number of benzene rings is 3. The molecule has 0 aromatic heterocycles. The minimum absolute atomic E-state index is 0.0427. The van der Waals surface area contributed by atoms with Crippen molar-refractivity contribution < 1.29 is 32.6 Å². The van der Waals surface area contributed by atoms with Gasteiger partial charge in [0.2, 0.25) is 5.91 Å². The molecule has 1 fully saturated rings. The fourth-order valence-corrected chi connectivity index (χ4v) is 4.54. The number of thioether (sulfide) groups is 1. The van der Waals surface area contributed by atoms with E-state index in [1.807, 2.05) is 0 Å². The molecule has 1 heterocycles. The molecule has 0 spiro atoms. The Balaban J connectivity index is 1.48. The molecule has 0 radical (unpaired) electrons. The number of ether oxygens (including phenoxy) is 2. The second kappa shape index (κ2) is 11.4. The molecular formula is C26H19ClF2N2O5S. The highest BCUT2D eigenvalue weighted by atomic mass is 35.5. The highest BCUT2D eigenvalue weighted by Crippen LogP contribution is 2.39. The van der Waals surface area contributed by atoms with E-state index in [1.165, 1.54) is 49.6 Å². The molecule has 3 aromatic rings. The van der Waals surface area contributed by atoms with Crippen molar-refractivity contribution >= 4 is 52.2 Å². The summed E-state index contributed by atoms with van der Waals surface area (Å²) in [6, 6.07) is 14.5. The fourth-order valence-electron chi connectivity index (χ4n) is 3.43. The van der Waals surface area contributed by atoms with Crippen LogP contribution in [0.2, 0.25) is 5.02 Å². The van der Waals surface area contributed by atoms with Gasteiger partial charge >= 0.3 is 0 Å². The molecule has 4 rings (SSSR count). The Labute approximate surface area is 220 Å². The number of carbonyl (C=O) groups is 3. The van der Waals surface area contributed by atoms with Crippen LogP contribution in [-0.4, -0.2) is 35.6 Å². The number of rotatable bonds is 8. The zero-order valence-electron chi connectivity index (χ0n) is 19.3. The molecule has 37 heavy (non-hydrogen) atoms. The first-order chi connectivity index (χ1) is 17.7. The zero-order valence-corrected chi connectivity index (χ0v) is 20.9. The Morgan fingerprint density at radius 3 is 2.62 bits per heavy atom. The predicted molar refractivity (Wildman–Crippen MR) is 136 cm³/mol. The number of halogens is 3. The lowest BCUT2D eigenvalue weighted by Gasteiger charge is -2.14. The number of carbonyl (C=O) groups excluding carboxylic acids is 3. The summed E-state index contributed by atoms with van der Waals surface area (Å²) in [5, 5.41) is 1.87. The van der Waals surface area contributed by atoms with Crippen molar-refractivity contribution in [3.8, 4) is 11.5 Å². The standard InChI is InChI=1S/C26H19ClF2N2O5S/c1-35-21-11-16(10-18(27)24(21)36-14-15-5-4-6-17(28)9-15)12-22-25(33)31(26(34)37-22)13-23(32)30-20-8-3-2-7-19(20)29/h2-12H,13-14H2,1H3,(H,30,32)/b22-12-. The summed E-state index contributed by atoms with van der Waals surface area (Å²) in [6.07, 6.45) is 1.43. The van der Waals surface area contributed by atoms with Crippen LogP contribution >= 0.6 is 23.4 Å². The predicted octanol–water partition coefficient (Wildman–Crippen LogP) is 5.88. The summed E-state index contributed by atoms with van der Waals surface area (Å²) in [5.74, 6) is -1.95. The Morgan fingerprint density at radius 1 is 1.11 bits per heavy atom. The van der Waals surface area contributed by atoms with Crippen LogP contribution in [-0.2, 0) is 16.2 Å². The van der Waals surface area contributed by atoms with E-state index >= 15 is 0 Å². The lowest BCUT2D eigenvalue weighted by Crippen LogP contribution is -2.36. The van der Waals surface area contributed by atoms with Crippen LogP contribution in [0.5, 0.6) is 11.5 Å². The normalized spacial score (nSPS) is 14.3. The molecule has 3 aromatic carbocycles. The van der Waals surface area contributed by atoms with Crippen molar-refractivity contribution in [2.45, 2.75) is 6.61 Å². The number of nitrogens with one attached hydrogen (secondary N) is 1. The molecule has 1 aliphatic rings. The third kappa shape index (κ3) is 6.28. The van der Waals surface area contributed by atoms with Gasteiger partial charge in [-0.25, -0.2) is 8.78 Å². The molecule has 0 bridgehead atoms. The van der Waals surface area contributed by atoms with Crippen molar-refractivity contribution in [1.82, 2.24) is 4.90 Å². The minimum Gasteiger partial charge on any atom is -0.493 e. The molecule has 0 aliphatic carbocycles. The van der Waals surface area contributed by atoms with Crippen LogP contribution < -0.4 is 14.8 Å². The van der Waals surface area contributed by atoms with E-state index in [-0.39, 0.29) is 33.7 Å². The lowest BCUT2D eigenvalue weighted by molar-refractivity contribution is -0.127. The fraction of sp³-hybridized carbons (Fsp3) is 0.115. The van der Waals surface area contributed by atoms with E-state index in [0.29, 0.717) is 22.9 Å². The number of imide groups is 1. The summed E-state index contributed by atoms with van der Waals surface area (Å²) in [4.78, 5) is 38.3. The van der Waals surface area contributed by atoms with E-state index < -0.39 is 35.2 Å². The maximum Gasteiger partial charge on any atom is 0.294 e. The molecule has 1 aliphatic heterocycles. The summed E-state index contributed by atoms with van der Waals surface area (Å²) in [6.45, 7) is -0.533. The first-order valence-corrected chi connectivity index (χ1v) is 12.0. The van der Waals surface area contributed by atoms with Gasteiger partial charge in [0.15, 0.2) is 11.5 Å². The number of para-hydroxylation sites is 1. The quantitative estimate of drug-likeness (QED) is 0.356. The maximum atomic E-state index is 13.8. The van der Waals surface area contributed by atoms with Crippen LogP contribution in [0.15, 0.2) is 65.6 Å². The summed E-state index contributed by atoms with van der Waals surface area (Å²) in [5.41, 5.74) is 0.979. The third-order valence-corrected chi connectivity index (χ3v) is 6.33. The van der Waals surface area contributed by atoms with Crippen LogP contribution in [0.3, 0.4) is 0 Å². The molecule has 1 N–H and O–H groups in total. The van der Waals surface area contributed by atoms with Gasteiger partial charge in [-0.3, -0.25) is 19.3 Å². The highest BCUT2D eigenvalue weighted by molar-refractivity contribution is 8.18. The third-order valence-electron chi connectivity index (χ3n) is 5.14. The minimum atomic E-state index is -0.724. The number of methoxy groups -OCH3 is 1. The number of anilines is 1. The smallest absolute Gasteiger partial charge is 0.294 e. The Kier molecular flexibility index (Phi) is 8.10. The van der Waals surface area contributed by atoms with Crippen LogP contribution in [0, 0.1) is 11.6 Å². The van der Waals surface area contributed by atoms with Gasteiger partial charge in [-0.2, -0.15) is 0 Å². The second-order valence-electron chi connectivity index (χ2n) is 7.75. The summed E-state index contributed by atoms with van der Waals surface area (Å²) < 4.78 is 38.3. The van der Waals surface area contributed by atoms with Crippen LogP contribution in [0.4, 0.5) is 19.3 Å². The molecule has 190 valence electrons. The summed E-state index contributed by atoms with van der Waals surface area (Å²) in [7, 11) is 1.41. The molecule has 11 heteroatoms. The van der Waals surface area contributed by atoms with Crippen molar-refractivity contribution in [1.29, 1.82) is 0 Å². The van der Waals surface area contributed by atoms with Gasteiger partial charge in [0.25, 0.3) is 11.1 Å². The molecule has 0 unspecified atom stereocenters. The number of nitrogens with zero attached hydrogens (tertiary/aromatic N) is 1. The van der Waals surface area contributed by atoms with Gasteiger partial charge in [-0.1, -0.05) is 35.9 Å². The van der Waals surface area contributed by atoms with E-state index in [1.54, 1.807) is 24.3 Å². The number of hydrogen-bond donors (Lipinski definition) is 1. The zero-order chi connectivity index (χ0) is 26.5. The number of hydrogen-bond acceptors (Lipinski definition) is 6. The summed E-state index contributed by atoms with van der Waals surface area (Å²) >= 11 is 7.04. The van der Waals surface area contributed by atoms with Crippen molar-refractivity contribution in [3.05, 3.63) is 93.4 Å². The van der Waals surface area contributed by atoms with E-state index in [4.69, 9.17) is 21.1 Å². The van der Waals surface area contributed by atoms with Gasteiger partial charge in [0, 0.05) is 0 Å². The SMILES string of the molecule is COc1cc(/C=C2\SC(=O)N(CC(=O)Nc3ccccc3F)C2=O)cc(Cl)c1OCc1cccc(F)c1. The Hall–Kier alpha value is -3.89. The van der Waals surface area contributed by atoms with Gasteiger partial charge in [-0.05, 0) is 65.4 Å². The Bertz CT molecular complexity index is 1420. The molecule has 0 atom stereocenters. The van der Waals surface area contributed by atoms with Crippen LogP contribution in [0.25, 0.3) is 6.08 Å². The maximum absolute atomic E-state index is 13.8. The van der Waals surface area contributed by atoms with Crippen molar-refractivity contribution in [2.75, 3.05) is 19.0 Å². The highest BCUT2D eigenvalue weighted by Gasteiger charge is 2.36. The number of amides is 3. The van der Waals surface area contributed by atoms with E-state index in [9.17, 15) is 23.2 Å². The van der Waals surface area contributed by atoms with Gasteiger partial charge in [0.05, 0.1) is 22.7 Å². The molecule has 1 saturated heterocycles. The van der Waals surface area contributed by atoms with E-state index in [0.717, 1.165) is 4.90 Å². The average Bonchev–Trinajstić information content (AvgIpc) is 3.11. The first-order valence-electron chi connectivity index (χ1n) is 10.8. The van der Waals surface area contributed by atoms with Gasteiger partial charge < -0.3 is 14.8 Å². The van der Waals surface area contributed by atoms with Crippen molar-refractivity contribution in [3.63, 3.8) is 0 Å².